The Hall–Kier alpha value is -1.79. The van der Waals surface area contributed by atoms with Gasteiger partial charge in [-0.2, -0.15) is 0 Å². The number of halogens is 4. The number of anilines is 1. The largest absolute Gasteiger partial charge is 0.573 e. The number of rotatable bonds is 2. The highest BCUT2D eigenvalue weighted by Crippen LogP contribution is 2.28. The maximum atomic E-state index is 12.8. The fraction of sp³-hybridized carbons (Fsp3) is 0.125. The molecule has 82 valence electrons. The Bertz CT molecular complexity index is 389. The molecule has 0 saturated carbocycles. The van der Waals surface area contributed by atoms with E-state index < -0.39 is 29.2 Å². The van der Waals surface area contributed by atoms with Gasteiger partial charge in [-0.05, 0) is 6.07 Å². The van der Waals surface area contributed by atoms with Crippen LogP contribution in [0.15, 0.2) is 12.1 Å². The van der Waals surface area contributed by atoms with Crippen molar-refractivity contribution in [2.24, 2.45) is 0 Å². The molecule has 15 heavy (non-hydrogen) atoms. The van der Waals surface area contributed by atoms with E-state index in [0.29, 0.717) is 6.07 Å². The maximum absolute atomic E-state index is 12.8. The molecule has 0 bridgehead atoms. The minimum absolute atomic E-state index is 0.0941. The van der Waals surface area contributed by atoms with Crippen LogP contribution in [0.5, 0.6) is 5.75 Å². The second kappa shape index (κ2) is 3.76. The van der Waals surface area contributed by atoms with Crippen LogP contribution >= 0.6 is 0 Å². The predicted octanol–water partition coefficient (Wildman–Crippen LogP) is 2.12. The molecule has 0 heterocycles. The van der Waals surface area contributed by atoms with Crippen molar-refractivity contribution in [1.29, 1.82) is 0 Å². The third kappa shape index (κ3) is 2.83. The van der Waals surface area contributed by atoms with Gasteiger partial charge in [0.2, 0.25) is 0 Å². The Labute approximate surface area is 81.4 Å². The Morgan fingerprint density at radius 3 is 2.40 bits per heavy atom. The van der Waals surface area contributed by atoms with Crippen LogP contribution in [0.25, 0.3) is 0 Å². The summed E-state index contributed by atoms with van der Waals surface area (Å²) in [6, 6.07) is 1.18. The average molecular weight is 223 g/mol. The van der Waals surface area contributed by atoms with E-state index in [0.717, 1.165) is 6.07 Å². The first-order valence-electron chi connectivity index (χ1n) is 3.63. The molecule has 7 heteroatoms. The highest BCUT2D eigenvalue weighted by atomic mass is 19.4. The van der Waals surface area contributed by atoms with E-state index in [1.807, 2.05) is 0 Å². The molecule has 0 aliphatic heterocycles. The lowest BCUT2D eigenvalue weighted by Crippen LogP contribution is -2.18. The highest BCUT2D eigenvalue weighted by Gasteiger charge is 2.32. The van der Waals surface area contributed by atoms with E-state index in [1.165, 1.54) is 0 Å². The van der Waals surface area contributed by atoms with E-state index >= 15 is 0 Å². The molecule has 3 nitrogen and oxygen atoms in total. The van der Waals surface area contributed by atoms with E-state index in [1.54, 1.807) is 0 Å². The SMILES string of the molecule is Nc1cc(C=O)c(OC(F)(F)F)cc1F. The van der Waals surface area contributed by atoms with E-state index in [-0.39, 0.29) is 6.29 Å². The van der Waals surface area contributed by atoms with Crippen LogP contribution in [0, 0.1) is 5.82 Å². The minimum Gasteiger partial charge on any atom is -0.405 e. The maximum Gasteiger partial charge on any atom is 0.573 e. The number of carbonyl (C=O) groups is 1. The van der Waals surface area contributed by atoms with Crippen molar-refractivity contribution in [3.05, 3.63) is 23.5 Å². The summed E-state index contributed by atoms with van der Waals surface area (Å²) >= 11 is 0. The molecule has 2 N–H and O–H groups in total. The molecular formula is C8H5F4NO2. The Morgan fingerprint density at radius 2 is 1.93 bits per heavy atom. The number of ether oxygens (including phenoxy) is 1. The van der Waals surface area contributed by atoms with Crippen molar-refractivity contribution in [3.8, 4) is 5.75 Å². The lowest BCUT2D eigenvalue weighted by atomic mass is 10.2. The van der Waals surface area contributed by atoms with Crippen molar-refractivity contribution in [2.45, 2.75) is 6.36 Å². The van der Waals surface area contributed by atoms with Gasteiger partial charge in [-0.1, -0.05) is 0 Å². The van der Waals surface area contributed by atoms with Crippen LogP contribution in [0.2, 0.25) is 0 Å². The number of aldehydes is 1. The Kier molecular flexibility index (Phi) is 2.83. The summed E-state index contributed by atoms with van der Waals surface area (Å²) in [5.41, 5.74) is 4.17. The highest BCUT2D eigenvalue weighted by molar-refractivity contribution is 5.81. The van der Waals surface area contributed by atoms with Crippen molar-refractivity contribution < 1.29 is 27.1 Å². The second-order valence-corrected chi connectivity index (χ2v) is 2.58. The standard InChI is InChI=1S/C8H5F4NO2/c9-5-2-7(15-8(10,11)12)4(3-14)1-6(5)13/h1-3H,13H2. The van der Waals surface area contributed by atoms with E-state index in [9.17, 15) is 22.4 Å². The van der Waals surface area contributed by atoms with Gasteiger partial charge in [-0.25, -0.2) is 4.39 Å². The molecule has 0 aliphatic rings. The second-order valence-electron chi connectivity index (χ2n) is 2.58. The quantitative estimate of drug-likeness (QED) is 0.474. The topological polar surface area (TPSA) is 52.3 Å². The number of carbonyl (C=O) groups excluding carboxylic acids is 1. The number of nitrogens with two attached hydrogens (primary N) is 1. The smallest absolute Gasteiger partial charge is 0.405 e. The lowest BCUT2D eigenvalue weighted by Gasteiger charge is -2.11. The first-order chi connectivity index (χ1) is 6.83. The normalized spacial score (nSPS) is 11.2. The Morgan fingerprint density at radius 1 is 1.33 bits per heavy atom. The van der Waals surface area contributed by atoms with Crippen LogP contribution in [0.4, 0.5) is 23.2 Å². The van der Waals surface area contributed by atoms with Gasteiger partial charge in [-0.3, -0.25) is 4.79 Å². The van der Waals surface area contributed by atoms with Crippen molar-refractivity contribution >= 4 is 12.0 Å². The third-order valence-corrected chi connectivity index (χ3v) is 1.48. The minimum atomic E-state index is -4.99. The molecule has 0 atom stereocenters. The van der Waals surface area contributed by atoms with Gasteiger partial charge in [0.05, 0.1) is 11.3 Å². The van der Waals surface area contributed by atoms with Gasteiger partial charge in [0, 0.05) is 6.07 Å². The van der Waals surface area contributed by atoms with Crippen molar-refractivity contribution in [3.63, 3.8) is 0 Å². The molecule has 0 saturated heterocycles. The summed E-state index contributed by atoms with van der Waals surface area (Å²) < 4.78 is 51.6. The molecular weight excluding hydrogens is 218 g/mol. The predicted molar refractivity (Wildman–Crippen MR) is 42.9 cm³/mol. The zero-order chi connectivity index (χ0) is 11.6. The Balaban J connectivity index is 3.16. The van der Waals surface area contributed by atoms with Gasteiger partial charge < -0.3 is 10.5 Å². The first-order valence-corrected chi connectivity index (χ1v) is 3.63. The monoisotopic (exact) mass is 223 g/mol. The van der Waals surface area contributed by atoms with Crippen LogP contribution in [-0.2, 0) is 0 Å². The summed E-state index contributed by atoms with van der Waals surface area (Å²) in [7, 11) is 0. The molecule has 0 aromatic heterocycles. The van der Waals surface area contributed by atoms with Gasteiger partial charge in [0.15, 0.2) is 6.29 Å². The third-order valence-electron chi connectivity index (χ3n) is 1.48. The lowest BCUT2D eigenvalue weighted by molar-refractivity contribution is -0.274. The van der Waals surface area contributed by atoms with E-state index in [2.05, 4.69) is 4.74 Å². The molecule has 0 amide bonds. The van der Waals surface area contributed by atoms with Gasteiger partial charge >= 0.3 is 6.36 Å². The van der Waals surface area contributed by atoms with Gasteiger partial charge in [-0.15, -0.1) is 13.2 Å². The van der Waals surface area contributed by atoms with Gasteiger partial charge in [0.25, 0.3) is 0 Å². The van der Waals surface area contributed by atoms with Crippen LogP contribution in [-0.4, -0.2) is 12.6 Å². The fourth-order valence-electron chi connectivity index (χ4n) is 0.895. The molecule has 0 radical (unpaired) electrons. The fourth-order valence-corrected chi connectivity index (χ4v) is 0.895. The van der Waals surface area contributed by atoms with Crippen LogP contribution in [0.1, 0.15) is 10.4 Å². The van der Waals surface area contributed by atoms with E-state index in [4.69, 9.17) is 5.73 Å². The average Bonchev–Trinajstić information content (AvgIpc) is 2.08. The summed E-state index contributed by atoms with van der Waals surface area (Å²) in [5, 5.41) is 0. The summed E-state index contributed by atoms with van der Waals surface area (Å²) in [6.45, 7) is 0. The summed E-state index contributed by atoms with van der Waals surface area (Å²) in [4.78, 5) is 10.4. The number of hydrogen-bond donors (Lipinski definition) is 1. The number of benzene rings is 1. The van der Waals surface area contributed by atoms with Crippen molar-refractivity contribution in [2.75, 3.05) is 5.73 Å². The molecule has 1 rings (SSSR count). The molecule has 0 spiro atoms. The molecule has 0 unspecified atom stereocenters. The summed E-state index contributed by atoms with van der Waals surface area (Å²) in [6.07, 6.45) is -4.89. The van der Waals surface area contributed by atoms with Crippen LogP contribution < -0.4 is 10.5 Å². The zero-order valence-corrected chi connectivity index (χ0v) is 7.14. The first kappa shape index (κ1) is 11.3. The summed E-state index contributed by atoms with van der Waals surface area (Å²) in [5.74, 6) is -2.00. The number of hydrogen-bond acceptors (Lipinski definition) is 3. The van der Waals surface area contributed by atoms with Crippen LogP contribution in [0.3, 0.4) is 0 Å². The van der Waals surface area contributed by atoms with Gasteiger partial charge in [0.1, 0.15) is 11.6 Å². The zero-order valence-electron chi connectivity index (χ0n) is 7.14. The molecule has 0 fully saturated rings. The number of alkyl halides is 3. The molecule has 1 aromatic rings. The molecule has 1 aromatic carbocycles. The number of nitrogen functional groups attached to an aromatic ring is 1. The van der Waals surface area contributed by atoms with Crippen molar-refractivity contribution in [1.82, 2.24) is 0 Å². The molecule has 0 aliphatic carbocycles.